The van der Waals surface area contributed by atoms with Crippen LogP contribution in [0.1, 0.15) is 65.7 Å². The number of Topliss-reactive ketones (excluding diaryl/α,β-unsaturated/α-hetero) is 1. The van der Waals surface area contributed by atoms with Crippen LogP contribution in [0.2, 0.25) is 0 Å². The number of carbonyl (C=O) groups excluding carboxylic acids is 1. The summed E-state index contributed by atoms with van der Waals surface area (Å²) in [4.78, 5) is 13.0. The van der Waals surface area contributed by atoms with E-state index in [1.54, 1.807) is 12.1 Å². The van der Waals surface area contributed by atoms with Gasteiger partial charge in [-0.25, -0.2) is 13.2 Å². The van der Waals surface area contributed by atoms with E-state index in [0.29, 0.717) is 11.1 Å². The molecule has 0 atom stereocenters. The van der Waals surface area contributed by atoms with Crippen LogP contribution >= 0.6 is 0 Å². The molecule has 0 aliphatic carbocycles. The molecule has 190 valence electrons. The van der Waals surface area contributed by atoms with Gasteiger partial charge in [0.15, 0.2) is 5.78 Å². The average molecular weight is 501 g/mol. The molecule has 0 aliphatic heterocycles. The molecule has 37 heavy (non-hydrogen) atoms. The predicted octanol–water partition coefficient (Wildman–Crippen LogP) is 9.43. The van der Waals surface area contributed by atoms with Crippen LogP contribution in [0.4, 0.5) is 13.2 Å². The first-order valence-corrected chi connectivity index (χ1v) is 12.8. The lowest BCUT2D eigenvalue weighted by atomic mass is 9.93. The highest BCUT2D eigenvalue weighted by Crippen LogP contribution is 2.34. The van der Waals surface area contributed by atoms with Gasteiger partial charge in [-0.05, 0) is 46.2 Å². The smallest absolute Gasteiger partial charge is 0.267 e. The van der Waals surface area contributed by atoms with E-state index in [9.17, 15) is 13.6 Å². The fourth-order valence-corrected chi connectivity index (χ4v) is 4.66. The van der Waals surface area contributed by atoms with Crippen LogP contribution in [0.3, 0.4) is 0 Å². The SMILES string of the molecule is CCCc1ccc(-c2ccc(CC(=O)c3ccc(-c4ccc(CCC)cc4)c(F)c3C(F)F)cc2)cc1. The fourth-order valence-electron chi connectivity index (χ4n) is 4.66. The van der Waals surface area contributed by atoms with E-state index in [1.807, 2.05) is 36.4 Å². The van der Waals surface area contributed by atoms with Gasteiger partial charge in [0.2, 0.25) is 0 Å². The minimum Gasteiger partial charge on any atom is -0.294 e. The molecule has 0 fully saturated rings. The lowest BCUT2D eigenvalue weighted by Gasteiger charge is -2.14. The third-order valence-electron chi connectivity index (χ3n) is 6.65. The number of ketones is 1. The predicted molar refractivity (Wildman–Crippen MR) is 145 cm³/mol. The van der Waals surface area contributed by atoms with Crippen LogP contribution in [0, 0.1) is 5.82 Å². The van der Waals surface area contributed by atoms with Gasteiger partial charge >= 0.3 is 0 Å². The molecule has 4 aromatic carbocycles. The van der Waals surface area contributed by atoms with Gasteiger partial charge < -0.3 is 0 Å². The molecule has 0 bridgehead atoms. The molecular weight excluding hydrogens is 469 g/mol. The first-order valence-electron chi connectivity index (χ1n) is 12.8. The van der Waals surface area contributed by atoms with Crippen molar-refractivity contribution in [2.45, 2.75) is 52.4 Å². The molecule has 0 unspecified atom stereocenters. The minimum absolute atomic E-state index is 0.0733. The number of halogens is 3. The average Bonchev–Trinajstić information content (AvgIpc) is 2.90. The van der Waals surface area contributed by atoms with Crippen molar-refractivity contribution >= 4 is 5.78 Å². The number of benzene rings is 4. The van der Waals surface area contributed by atoms with E-state index < -0.39 is 23.6 Å². The van der Waals surface area contributed by atoms with Gasteiger partial charge in [-0.3, -0.25) is 4.79 Å². The van der Waals surface area contributed by atoms with Crippen LogP contribution in [0.5, 0.6) is 0 Å². The molecule has 4 aromatic rings. The van der Waals surface area contributed by atoms with Gasteiger partial charge in [0.1, 0.15) is 5.82 Å². The summed E-state index contributed by atoms with van der Waals surface area (Å²) < 4.78 is 43.2. The van der Waals surface area contributed by atoms with E-state index >= 15 is 4.39 Å². The second kappa shape index (κ2) is 12.1. The maximum Gasteiger partial charge on any atom is 0.267 e. The molecule has 0 N–H and O–H groups in total. The third kappa shape index (κ3) is 6.19. The van der Waals surface area contributed by atoms with Crippen molar-refractivity contribution in [3.63, 3.8) is 0 Å². The van der Waals surface area contributed by atoms with Crippen LogP contribution in [-0.2, 0) is 19.3 Å². The van der Waals surface area contributed by atoms with E-state index in [-0.39, 0.29) is 17.5 Å². The van der Waals surface area contributed by atoms with Crippen LogP contribution in [-0.4, -0.2) is 5.78 Å². The number of carbonyl (C=O) groups is 1. The van der Waals surface area contributed by atoms with Gasteiger partial charge in [0.25, 0.3) is 6.43 Å². The number of alkyl halides is 2. The highest BCUT2D eigenvalue weighted by atomic mass is 19.3. The Kier molecular flexibility index (Phi) is 8.60. The zero-order valence-corrected chi connectivity index (χ0v) is 21.2. The van der Waals surface area contributed by atoms with Gasteiger partial charge in [0, 0.05) is 17.5 Å². The highest BCUT2D eigenvalue weighted by molar-refractivity contribution is 5.99. The van der Waals surface area contributed by atoms with E-state index in [0.717, 1.165) is 42.4 Å². The van der Waals surface area contributed by atoms with E-state index in [2.05, 4.69) is 38.1 Å². The Hall–Kier alpha value is -3.66. The topological polar surface area (TPSA) is 17.1 Å². The van der Waals surface area contributed by atoms with Crippen molar-refractivity contribution in [3.8, 4) is 22.3 Å². The van der Waals surface area contributed by atoms with E-state index in [4.69, 9.17) is 0 Å². The van der Waals surface area contributed by atoms with Gasteiger partial charge in [-0.15, -0.1) is 0 Å². The monoisotopic (exact) mass is 500 g/mol. The lowest BCUT2D eigenvalue weighted by molar-refractivity contribution is 0.0976. The van der Waals surface area contributed by atoms with Gasteiger partial charge in [-0.1, -0.05) is 112 Å². The molecule has 0 saturated heterocycles. The number of rotatable bonds is 10. The van der Waals surface area contributed by atoms with E-state index in [1.165, 1.54) is 17.7 Å². The third-order valence-corrected chi connectivity index (χ3v) is 6.65. The highest BCUT2D eigenvalue weighted by Gasteiger charge is 2.25. The number of hydrogen-bond acceptors (Lipinski definition) is 1. The molecular formula is C33H31F3O. The Morgan fingerprint density at radius 1 is 0.649 bits per heavy atom. The Morgan fingerprint density at radius 3 is 1.57 bits per heavy atom. The summed E-state index contributed by atoms with van der Waals surface area (Å²) in [6.45, 7) is 4.21. The maximum absolute atomic E-state index is 15.3. The summed E-state index contributed by atoms with van der Waals surface area (Å²) in [6.07, 6.45) is 0.818. The molecule has 1 nitrogen and oxygen atoms in total. The lowest BCUT2D eigenvalue weighted by Crippen LogP contribution is -2.10. The minimum atomic E-state index is -3.10. The van der Waals surface area contributed by atoms with Crippen LogP contribution in [0.25, 0.3) is 22.3 Å². The molecule has 0 heterocycles. The summed E-state index contributed by atoms with van der Waals surface area (Å²) in [7, 11) is 0. The van der Waals surface area contributed by atoms with Gasteiger partial charge in [-0.2, -0.15) is 0 Å². The Bertz CT molecular complexity index is 1340. The number of hydrogen-bond donors (Lipinski definition) is 0. The van der Waals surface area contributed by atoms with Crippen LogP contribution in [0.15, 0.2) is 84.9 Å². The zero-order valence-electron chi connectivity index (χ0n) is 21.2. The van der Waals surface area contributed by atoms with Gasteiger partial charge in [0.05, 0.1) is 5.56 Å². The second-order valence-corrected chi connectivity index (χ2v) is 9.38. The Morgan fingerprint density at radius 2 is 1.11 bits per heavy atom. The molecule has 4 heteroatoms. The molecule has 0 aromatic heterocycles. The standard InChI is InChI=1S/C33H31F3O/c1-3-5-22-7-13-25(14-8-22)26-15-11-24(12-16-26)21-30(37)29-20-19-28(32(34)31(29)33(35)36)27-17-9-23(6-4-2)10-18-27/h7-20,33H,3-6,21H2,1-2H3. The Balaban J connectivity index is 1.55. The first-order chi connectivity index (χ1) is 17.9. The summed E-state index contributed by atoms with van der Waals surface area (Å²) in [6, 6.07) is 25.8. The molecule has 4 rings (SSSR count). The largest absolute Gasteiger partial charge is 0.294 e. The Labute approximate surface area is 217 Å². The quantitative estimate of drug-likeness (QED) is 0.198. The summed E-state index contributed by atoms with van der Waals surface area (Å²) in [5.74, 6) is -1.57. The normalized spacial score (nSPS) is 11.2. The van der Waals surface area contributed by atoms with Crippen molar-refractivity contribution in [3.05, 3.63) is 119 Å². The van der Waals surface area contributed by atoms with Crippen molar-refractivity contribution in [2.24, 2.45) is 0 Å². The number of aryl methyl sites for hydroxylation is 2. The molecule has 0 saturated carbocycles. The maximum atomic E-state index is 15.3. The van der Waals surface area contributed by atoms with Crippen molar-refractivity contribution in [1.29, 1.82) is 0 Å². The molecule has 0 radical (unpaired) electrons. The van der Waals surface area contributed by atoms with Crippen molar-refractivity contribution in [1.82, 2.24) is 0 Å². The van der Waals surface area contributed by atoms with Crippen molar-refractivity contribution < 1.29 is 18.0 Å². The van der Waals surface area contributed by atoms with Crippen molar-refractivity contribution in [2.75, 3.05) is 0 Å². The van der Waals surface area contributed by atoms with Crippen LogP contribution < -0.4 is 0 Å². The molecule has 0 amide bonds. The summed E-state index contributed by atoms with van der Waals surface area (Å²) in [5.41, 5.74) is 4.64. The first kappa shape index (κ1) is 26.4. The fraction of sp³-hybridized carbons (Fsp3) is 0.242. The zero-order chi connectivity index (χ0) is 26.4. The molecule has 0 spiro atoms. The summed E-state index contributed by atoms with van der Waals surface area (Å²) in [5, 5.41) is 0. The summed E-state index contributed by atoms with van der Waals surface area (Å²) >= 11 is 0. The second-order valence-electron chi connectivity index (χ2n) is 9.38. The molecule has 0 aliphatic rings.